The number of rotatable bonds is 4. The number of benzene rings is 1. The molecule has 1 fully saturated rings. The van der Waals surface area contributed by atoms with Crippen molar-refractivity contribution in [2.75, 3.05) is 57.0 Å². The maximum atomic E-state index is 11.9. The van der Waals surface area contributed by atoms with E-state index < -0.39 is 0 Å². The lowest BCUT2D eigenvalue weighted by Crippen LogP contribution is -2.47. The zero-order valence-electron chi connectivity index (χ0n) is 11.8. The summed E-state index contributed by atoms with van der Waals surface area (Å²) >= 11 is 0. The normalized spacial score (nSPS) is 16.2. The minimum atomic E-state index is -0.0993. The number of nitrogens with two attached hydrogens (primary N) is 1. The van der Waals surface area contributed by atoms with Crippen LogP contribution in [0.5, 0.6) is 0 Å². The third-order valence-electron chi connectivity index (χ3n) is 3.62. The smallest absolute Gasteiger partial charge is 0.253 e. The first-order valence-corrected chi connectivity index (χ1v) is 6.85. The van der Waals surface area contributed by atoms with Crippen molar-refractivity contribution in [3.63, 3.8) is 0 Å². The van der Waals surface area contributed by atoms with E-state index >= 15 is 0 Å². The van der Waals surface area contributed by atoms with E-state index in [1.165, 1.54) is 0 Å². The molecule has 0 bridgehead atoms. The Hall–Kier alpha value is -1.79. The summed E-state index contributed by atoms with van der Waals surface area (Å²) in [5.74, 6) is -0.0993. The highest BCUT2D eigenvalue weighted by Crippen LogP contribution is 2.24. The van der Waals surface area contributed by atoms with Gasteiger partial charge in [-0.05, 0) is 18.2 Å². The van der Waals surface area contributed by atoms with Crippen LogP contribution in [0.4, 0.5) is 11.4 Å². The molecule has 1 aromatic carbocycles. The maximum absolute atomic E-state index is 11.9. The van der Waals surface area contributed by atoms with Crippen molar-refractivity contribution in [3.05, 3.63) is 23.8 Å². The SMILES string of the molecule is CNC(=O)c1ccc(N)cc1N1CCN(CCO)CC1. The van der Waals surface area contributed by atoms with E-state index in [9.17, 15) is 4.79 Å². The molecular weight excluding hydrogens is 256 g/mol. The Labute approximate surface area is 119 Å². The van der Waals surface area contributed by atoms with Gasteiger partial charge in [0.05, 0.1) is 17.9 Å². The summed E-state index contributed by atoms with van der Waals surface area (Å²) < 4.78 is 0. The first-order valence-electron chi connectivity index (χ1n) is 6.85. The summed E-state index contributed by atoms with van der Waals surface area (Å²) in [6.07, 6.45) is 0. The lowest BCUT2D eigenvalue weighted by Gasteiger charge is -2.36. The van der Waals surface area contributed by atoms with Gasteiger partial charge in [0.2, 0.25) is 0 Å². The van der Waals surface area contributed by atoms with Gasteiger partial charge in [-0.15, -0.1) is 0 Å². The van der Waals surface area contributed by atoms with Gasteiger partial charge >= 0.3 is 0 Å². The number of nitrogen functional groups attached to an aromatic ring is 1. The number of piperazine rings is 1. The number of anilines is 2. The predicted molar refractivity (Wildman–Crippen MR) is 80.0 cm³/mol. The van der Waals surface area contributed by atoms with E-state index in [0.29, 0.717) is 17.8 Å². The molecule has 6 heteroatoms. The summed E-state index contributed by atoms with van der Waals surface area (Å²) in [5, 5.41) is 11.6. The van der Waals surface area contributed by atoms with Gasteiger partial charge in [0.1, 0.15) is 0 Å². The van der Waals surface area contributed by atoms with Crippen LogP contribution < -0.4 is 16.0 Å². The Morgan fingerprint density at radius 2 is 2.05 bits per heavy atom. The number of carbonyl (C=O) groups is 1. The molecule has 0 spiro atoms. The van der Waals surface area contributed by atoms with Crippen molar-refractivity contribution in [1.82, 2.24) is 10.2 Å². The molecule has 0 radical (unpaired) electrons. The standard InChI is InChI=1S/C14H22N4O2/c1-16-14(20)12-3-2-11(15)10-13(12)18-6-4-17(5-7-18)8-9-19/h2-3,10,19H,4-9,15H2,1H3,(H,16,20). The average molecular weight is 278 g/mol. The number of aliphatic hydroxyl groups is 1. The Morgan fingerprint density at radius 3 is 2.65 bits per heavy atom. The zero-order valence-corrected chi connectivity index (χ0v) is 11.8. The van der Waals surface area contributed by atoms with Crippen LogP contribution >= 0.6 is 0 Å². The Bertz CT molecular complexity index is 470. The highest BCUT2D eigenvalue weighted by molar-refractivity contribution is 6.00. The lowest BCUT2D eigenvalue weighted by molar-refractivity contribution is 0.0963. The molecule has 2 rings (SSSR count). The lowest BCUT2D eigenvalue weighted by atomic mass is 10.1. The molecule has 110 valence electrons. The average Bonchev–Trinajstić information content (AvgIpc) is 2.47. The molecule has 1 saturated heterocycles. The van der Waals surface area contributed by atoms with Crippen molar-refractivity contribution in [1.29, 1.82) is 0 Å². The summed E-state index contributed by atoms with van der Waals surface area (Å²) in [5.41, 5.74) is 8.04. The van der Waals surface area contributed by atoms with E-state index in [-0.39, 0.29) is 12.5 Å². The molecule has 1 heterocycles. The maximum Gasteiger partial charge on any atom is 0.253 e. The van der Waals surface area contributed by atoms with E-state index in [1.807, 2.05) is 6.07 Å². The molecule has 1 amide bonds. The third kappa shape index (κ3) is 3.20. The van der Waals surface area contributed by atoms with Crippen molar-refractivity contribution < 1.29 is 9.90 Å². The van der Waals surface area contributed by atoms with Crippen LogP contribution in [0.25, 0.3) is 0 Å². The van der Waals surface area contributed by atoms with Crippen molar-refractivity contribution in [3.8, 4) is 0 Å². The topological polar surface area (TPSA) is 81.8 Å². The van der Waals surface area contributed by atoms with E-state index in [4.69, 9.17) is 10.8 Å². The van der Waals surface area contributed by atoms with Crippen LogP contribution in [0.1, 0.15) is 10.4 Å². The first-order chi connectivity index (χ1) is 9.65. The van der Waals surface area contributed by atoms with Crippen molar-refractivity contribution in [2.45, 2.75) is 0 Å². The number of hydrogen-bond acceptors (Lipinski definition) is 5. The molecule has 20 heavy (non-hydrogen) atoms. The van der Waals surface area contributed by atoms with Gasteiger partial charge in [-0.1, -0.05) is 0 Å². The van der Waals surface area contributed by atoms with Crippen LogP contribution in [-0.2, 0) is 0 Å². The number of nitrogens with zero attached hydrogens (tertiary/aromatic N) is 2. The number of carbonyl (C=O) groups excluding carboxylic acids is 1. The minimum absolute atomic E-state index is 0.0993. The summed E-state index contributed by atoms with van der Waals surface area (Å²) in [6.45, 7) is 4.29. The zero-order chi connectivity index (χ0) is 14.5. The first kappa shape index (κ1) is 14.6. The highest BCUT2D eigenvalue weighted by atomic mass is 16.3. The molecule has 0 unspecified atom stereocenters. The van der Waals surface area contributed by atoms with Gasteiger partial charge < -0.3 is 21.1 Å². The van der Waals surface area contributed by atoms with E-state index in [0.717, 1.165) is 31.9 Å². The fraction of sp³-hybridized carbons (Fsp3) is 0.500. The summed E-state index contributed by atoms with van der Waals surface area (Å²) in [6, 6.07) is 5.37. The largest absolute Gasteiger partial charge is 0.399 e. The quantitative estimate of drug-likeness (QED) is 0.661. The van der Waals surface area contributed by atoms with Crippen LogP contribution in [0.2, 0.25) is 0 Å². The molecular formula is C14H22N4O2. The van der Waals surface area contributed by atoms with Crippen molar-refractivity contribution in [2.24, 2.45) is 0 Å². The van der Waals surface area contributed by atoms with Gasteiger partial charge in [0.25, 0.3) is 5.91 Å². The van der Waals surface area contributed by atoms with Crippen molar-refractivity contribution >= 4 is 17.3 Å². The summed E-state index contributed by atoms with van der Waals surface area (Å²) in [7, 11) is 1.63. The Balaban J connectivity index is 2.16. The number of nitrogens with one attached hydrogen (secondary N) is 1. The molecule has 0 aromatic heterocycles. The third-order valence-corrected chi connectivity index (χ3v) is 3.62. The van der Waals surface area contributed by atoms with E-state index in [1.54, 1.807) is 19.2 Å². The molecule has 0 saturated carbocycles. The Kier molecular flexibility index (Phi) is 4.81. The highest BCUT2D eigenvalue weighted by Gasteiger charge is 2.21. The monoisotopic (exact) mass is 278 g/mol. The molecule has 1 aliphatic heterocycles. The van der Waals surface area contributed by atoms with Gasteiger partial charge in [-0.2, -0.15) is 0 Å². The van der Waals surface area contributed by atoms with Gasteiger partial charge in [0.15, 0.2) is 0 Å². The molecule has 0 atom stereocenters. The second kappa shape index (κ2) is 6.58. The van der Waals surface area contributed by atoms with Crippen LogP contribution in [0.3, 0.4) is 0 Å². The second-order valence-electron chi connectivity index (χ2n) is 4.91. The van der Waals surface area contributed by atoms with Crippen LogP contribution in [0.15, 0.2) is 18.2 Å². The minimum Gasteiger partial charge on any atom is -0.399 e. The van der Waals surface area contributed by atoms with E-state index in [2.05, 4.69) is 15.1 Å². The molecule has 4 N–H and O–H groups in total. The van der Waals surface area contributed by atoms with Gasteiger partial charge in [-0.3, -0.25) is 9.69 Å². The Morgan fingerprint density at radius 1 is 1.35 bits per heavy atom. The molecule has 1 aromatic rings. The fourth-order valence-corrected chi connectivity index (χ4v) is 2.49. The van der Waals surface area contributed by atoms with Gasteiger partial charge in [-0.25, -0.2) is 0 Å². The number of aliphatic hydroxyl groups excluding tert-OH is 1. The molecule has 6 nitrogen and oxygen atoms in total. The second-order valence-corrected chi connectivity index (χ2v) is 4.91. The molecule has 0 aliphatic carbocycles. The molecule has 1 aliphatic rings. The number of β-amino-alcohol motifs (C(OH)–C–C–N with tert-alkyl or cyclic N) is 1. The summed E-state index contributed by atoms with van der Waals surface area (Å²) in [4.78, 5) is 16.3. The predicted octanol–water partition coefficient (Wildman–Crippen LogP) is -0.257. The fourth-order valence-electron chi connectivity index (χ4n) is 2.49. The van der Waals surface area contributed by atoms with Crippen LogP contribution in [-0.4, -0.2) is 62.3 Å². The number of hydrogen-bond donors (Lipinski definition) is 3. The number of amides is 1. The van der Waals surface area contributed by atoms with Crippen LogP contribution in [0, 0.1) is 0 Å². The van der Waals surface area contributed by atoms with Gasteiger partial charge in [0, 0.05) is 45.5 Å².